The Hall–Kier alpha value is -0.290. The van der Waals surface area contributed by atoms with Gasteiger partial charge in [0.25, 0.3) is 0 Å². The largest absolute Gasteiger partial charge is 0.389 e. The molecular formula is C15H29F3N2. The van der Waals surface area contributed by atoms with E-state index >= 15 is 0 Å². The quantitative estimate of drug-likeness (QED) is 0.807. The molecule has 5 heteroatoms. The monoisotopic (exact) mass is 294 g/mol. The Balaban J connectivity index is 2.48. The number of halogens is 3. The molecule has 0 aromatic rings. The molecule has 0 aromatic carbocycles. The predicted octanol–water partition coefficient (Wildman–Crippen LogP) is 3.80. The third-order valence-corrected chi connectivity index (χ3v) is 4.86. The number of nitrogens with zero attached hydrogens (tertiary/aromatic N) is 1. The van der Waals surface area contributed by atoms with E-state index in [1.807, 2.05) is 6.92 Å². The molecule has 120 valence electrons. The molecule has 1 rings (SSSR count). The van der Waals surface area contributed by atoms with E-state index in [1.165, 1.54) is 0 Å². The van der Waals surface area contributed by atoms with Crippen molar-refractivity contribution >= 4 is 0 Å². The van der Waals surface area contributed by atoms with Gasteiger partial charge in [0, 0.05) is 18.5 Å². The van der Waals surface area contributed by atoms with E-state index in [4.69, 9.17) is 5.73 Å². The highest BCUT2D eigenvalue weighted by atomic mass is 19.4. The lowest BCUT2D eigenvalue weighted by atomic mass is 9.83. The smallest absolute Gasteiger partial charge is 0.329 e. The molecule has 0 bridgehead atoms. The van der Waals surface area contributed by atoms with E-state index in [0.29, 0.717) is 18.9 Å². The molecule has 0 spiro atoms. The number of alkyl halides is 3. The van der Waals surface area contributed by atoms with E-state index in [-0.39, 0.29) is 12.0 Å². The van der Waals surface area contributed by atoms with Gasteiger partial charge in [0.05, 0.1) is 0 Å². The normalized spacial score (nSPS) is 22.2. The van der Waals surface area contributed by atoms with Crippen molar-refractivity contribution in [2.45, 2.75) is 64.6 Å². The molecule has 20 heavy (non-hydrogen) atoms. The van der Waals surface area contributed by atoms with E-state index in [0.717, 1.165) is 31.8 Å². The molecular weight excluding hydrogens is 265 g/mol. The highest BCUT2D eigenvalue weighted by Crippen LogP contribution is 2.32. The van der Waals surface area contributed by atoms with Gasteiger partial charge in [-0.05, 0) is 57.5 Å². The van der Waals surface area contributed by atoms with Crippen molar-refractivity contribution in [3.8, 4) is 0 Å². The summed E-state index contributed by atoms with van der Waals surface area (Å²) in [6.07, 6.45) is -1.80. The average Bonchev–Trinajstić information content (AvgIpc) is 2.37. The Labute approximate surface area is 120 Å². The van der Waals surface area contributed by atoms with Crippen molar-refractivity contribution in [3.63, 3.8) is 0 Å². The Morgan fingerprint density at radius 3 is 2.10 bits per heavy atom. The molecule has 0 aromatic heterocycles. The van der Waals surface area contributed by atoms with Crippen molar-refractivity contribution < 1.29 is 13.2 Å². The summed E-state index contributed by atoms with van der Waals surface area (Å²) in [5, 5.41) is 0. The van der Waals surface area contributed by atoms with Crippen LogP contribution in [0.5, 0.6) is 0 Å². The molecule has 2 N–H and O–H groups in total. The van der Waals surface area contributed by atoms with Gasteiger partial charge in [-0.1, -0.05) is 13.8 Å². The number of rotatable bonds is 6. The van der Waals surface area contributed by atoms with Gasteiger partial charge in [-0.3, -0.25) is 4.90 Å². The first-order valence-corrected chi connectivity index (χ1v) is 7.70. The van der Waals surface area contributed by atoms with Crippen LogP contribution in [-0.4, -0.2) is 36.2 Å². The van der Waals surface area contributed by atoms with Crippen LogP contribution in [0.3, 0.4) is 0 Å². The maximum atomic E-state index is 12.3. The standard InChI is InChI=1S/C15H29F3N2/c1-12(2)13-5-9-20(10-6-13)14(3,11-19)7-4-8-15(16,17)18/h12-13H,4-11,19H2,1-3H3. The number of likely N-dealkylation sites (tertiary alicyclic amines) is 1. The van der Waals surface area contributed by atoms with Crippen molar-refractivity contribution in [3.05, 3.63) is 0 Å². The Bertz CT molecular complexity index is 283. The Kier molecular flexibility index (Phi) is 6.32. The van der Waals surface area contributed by atoms with Gasteiger partial charge >= 0.3 is 6.18 Å². The van der Waals surface area contributed by atoms with Crippen LogP contribution < -0.4 is 5.73 Å². The SMILES string of the molecule is CC(C)C1CCN(C(C)(CN)CCCC(F)(F)F)CC1. The molecule has 1 heterocycles. The predicted molar refractivity (Wildman–Crippen MR) is 76.5 cm³/mol. The minimum absolute atomic E-state index is 0.168. The zero-order valence-electron chi connectivity index (χ0n) is 13.0. The van der Waals surface area contributed by atoms with Crippen molar-refractivity contribution in [2.24, 2.45) is 17.6 Å². The Morgan fingerprint density at radius 1 is 1.15 bits per heavy atom. The molecule has 1 saturated heterocycles. The van der Waals surface area contributed by atoms with Crippen LogP contribution in [0.4, 0.5) is 13.2 Å². The molecule has 1 atom stereocenters. The molecule has 1 aliphatic heterocycles. The summed E-state index contributed by atoms with van der Waals surface area (Å²) in [5.74, 6) is 1.43. The summed E-state index contributed by atoms with van der Waals surface area (Å²) >= 11 is 0. The summed E-state index contributed by atoms with van der Waals surface area (Å²) in [5.41, 5.74) is 5.57. The topological polar surface area (TPSA) is 29.3 Å². The summed E-state index contributed by atoms with van der Waals surface area (Å²) in [6, 6.07) is 0. The molecule has 2 nitrogen and oxygen atoms in total. The van der Waals surface area contributed by atoms with E-state index in [2.05, 4.69) is 18.7 Å². The highest BCUT2D eigenvalue weighted by molar-refractivity contribution is 4.90. The van der Waals surface area contributed by atoms with Crippen molar-refractivity contribution in [2.75, 3.05) is 19.6 Å². The first-order chi connectivity index (χ1) is 9.18. The van der Waals surface area contributed by atoms with Crippen molar-refractivity contribution in [1.29, 1.82) is 0 Å². The van der Waals surface area contributed by atoms with Crippen LogP contribution in [0.1, 0.15) is 52.9 Å². The van der Waals surface area contributed by atoms with E-state index < -0.39 is 12.6 Å². The van der Waals surface area contributed by atoms with Crippen LogP contribution in [0.2, 0.25) is 0 Å². The Morgan fingerprint density at radius 2 is 1.70 bits per heavy atom. The highest BCUT2D eigenvalue weighted by Gasteiger charge is 2.35. The third-order valence-electron chi connectivity index (χ3n) is 4.86. The van der Waals surface area contributed by atoms with Gasteiger partial charge in [-0.2, -0.15) is 13.2 Å². The zero-order valence-corrected chi connectivity index (χ0v) is 13.0. The second kappa shape index (κ2) is 7.12. The fourth-order valence-corrected chi connectivity index (χ4v) is 3.16. The molecule has 0 radical (unpaired) electrons. The summed E-state index contributed by atoms with van der Waals surface area (Å²) in [7, 11) is 0. The average molecular weight is 294 g/mol. The van der Waals surface area contributed by atoms with Gasteiger partial charge in [0.2, 0.25) is 0 Å². The molecule has 1 aliphatic rings. The summed E-state index contributed by atoms with van der Waals surface area (Å²) in [4.78, 5) is 2.31. The lowest BCUT2D eigenvalue weighted by Crippen LogP contribution is -2.54. The zero-order chi connectivity index (χ0) is 15.4. The molecule has 0 amide bonds. The summed E-state index contributed by atoms with van der Waals surface area (Å²) in [6.45, 7) is 8.85. The van der Waals surface area contributed by atoms with Crippen molar-refractivity contribution in [1.82, 2.24) is 4.90 Å². The third kappa shape index (κ3) is 5.24. The summed E-state index contributed by atoms with van der Waals surface area (Å²) < 4.78 is 36.8. The lowest BCUT2D eigenvalue weighted by molar-refractivity contribution is -0.137. The van der Waals surface area contributed by atoms with Gasteiger partial charge in [-0.15, -0.1) is 0 Å². The second-order valence-electron chi connectivity index (χ2n) is 6.74. The number of hydrogen-bond donors (Lipinski definition) is 1. The first kappa shape index (κ1) is 17.8. The molecule has 0 aliphatic carbocycles. The van der Waals surface area contributed by atoms with E-state index in [9.17, 15) is 13.2 Å². The number of hydrogen-bond acceptors (Lipinski definition) is 2. The fraction of sp³-hybridized carbons (Fsp3) is 1.00. The van der Waals surface area contributed by atoms with Crippen LogP contribution >= 0.6 is 0 Å². The van der Waals surface area contributed by atoms with Gasteiger partial charge in [0.1, 0.15) is 0 Å². The van der Waals surface area contributed by atoms with Crippen LogP contribution in [0, 0.1) is 11.8 Å². The van der Waals surface area contributed by atoms with Crippen LogP contribution in [0.25, 0.3) is 0 Å². The second-order valence-corrected chi connectivity index (χ2v) is 6.74. The van der Waals surface area contributed by atoms with Crippen LogP contribution in [-0.2, 0) is 0 Å². The number of piperidine rings is 1. The van der Waals surface area contributed by atoms with Gasteiger partial charge in [0.15, 0.2) is 0 Å². The molecule has 0 saturated carbocycles. The maximum Gasteiger partial charge on any atom is 0.389 e. The first-order valence-electron chi connectivity index (χ1n) is 7.70. The minimum atomic E-state index is -4.06. The van der Waals surface area contributed by atoms with Gasteiger partial charge in [-0.25, -0.2) is 0 Å². The van der Waals surface area contributed by atoms with Gasteiger partial charge < -0.3 is 5.73 Å². The van der Waals surface area contributed by atoms with Crippen LogP contribution in [0.15, 0.2) is 0 Å². The minimum Gasteiger partial charge on any atom is -0.329 e. The fourth-order valence-electron chi connectivity index (χ4n) is 3.16. The molecule has 1 fully saturated rings. The maximum absolute atomic E-state index is 12.3. The lowest BCUT2D eigenvalue weighted by Gasteiger charge is -2.45. The molecule has 1 unspecified atom stereocenters. The van der Waals surface area contributed by atoms with E-state index in [1.54, 1.807) is 0 Å². The number of nitrogens with two attached hydrogens (primary N) is 1.